The molecular formula is LiMnNiO2+. The zero-order valence-corrected chi connectivity index (χ0v) is 4.68. The van der Waals surface area contributed by atoms with Gasteiger partial charge in [0.15, 0.2) is 0 Å². The number of hydrogen-bond donors (Lipinski definition) is 0. The van der Waals surface area contributed by atoms with Gasteiger partial charge in [0.05, 0.1) is 0 Å². The van der Waals surface area contributed by atoms with E-state index in [1.807, 2.05) is 0 Å². The molecule has 0 aliphatic rings. The van der Waals surface area contributed by atoms with Gasteiger partial charge in [-0.1, -0.05) is 0 Å². The van der Waals surface area contributed by atoms with Gasteiger partial charge in [-0.25, -0.2) is 0 Å². The van der Waals surface area contributed by atoms with E-state index in [0.717, 1.165) is 0 Å². The van der Waals surface area contributed by atoms with Gasteiger partial charge < -0.3 is 11.0 Å². The van der Waals surface area contributed by atoms with E-state index >= 15 is 0 Å². The van der Waals surface area contributed by atoms with E-state index in [1.165, 1.54) is 0 Å². The van der Waals surface area contributed by atoms with E-state index in [0.29, 0.717) is 0 Å². The van der Waals surface area contributed by atoms with E-state index in [2.05, 4.69) is 0 Å². The van der Waals surface area contributed by atoms with Crippen LogP contribution in [0.4, 0.5) is 0 Å². The first-order valence-electron chi connectivity index (χ1n) is 0. The van der Waals surface area contributed by atoms with Crippen molar-refractivity contribution in [1.29, 1.82) is 0 Å². The monoisotopic (exact) mass is 152 g/mol. The third-order valence-corrected chi connectivity index (χ3v) is 0. The Balaban J connectivity index is 0. The van der Waals surface area contributed by atoms with Crippen LogP contribution in [0.15, 0.2) is 0 Å². The molecule has 0 aliphatic heterocycles. The summed E-state index contributed by atoms with van der Waals surface area (Å²) in [5.74, 6) is 0. The summed E-state index contributed by atoms with van der Waals surface area (Å²) < 4.78 is 0. The summed E-state index contributed by atoms with van der Waals surface area (Å²) in [4.78, 5) is 0. The quantitative estimate of drug-likeness (QED) is 0.328. The molecule has 0 atom stereocenters. The number of hydrogen-bond acceptors (Lipinski definition) is 0. The van der Waals surface area contributed by atoms with Crippen LogP contribution in [0.3, 0.4) is 0 Å². The second kappa shape index (κ2) is 48.5. The smallest absolute Gasteiger partial charge is 2.00 e. The normalized spacial score (nSPS) is 0. The Labute approximate surface area is 63.3 Å². The van der Waals surface area contributed by atoms with E-state index < -0.39 is 0 Å². The summed E-state index contributed by atoms with van der Waals surface area (Å²) >= 11 is 0. The standard InChI is InChI=1S/Li.Mn.Ni.2O/q+1;2*+2;2*-2. The van der Waals surface area contributed by atoms with Crippen molar-refractivity contribution >= 4 is 0 Å². The summed E-state index contributed by atoms with van der Waals surface area (Å²) in [5, 5.41) is 0. The molecule has 29 valence electrons. The van der Waals surface area contributed by atoms with Crippen molar-refractivity contribution < 1.29 is 63.4 Å². The zero-order chi connectivity index (χ0) is 0. The van der Waals surface area contributed by atoms with Crippen molar-refractivity contribution in [2.75, 3.05) is 0 Å². The molecule has 0 aromatic heterocycles. The van der Waals surface area contributed by atoms with Gasteiger partial charge in [0.25, 0.3) is 0 Å². The minimum absolute atomic E-state index is 0. The fourth-order valence-corrected chi connectivity index (χ4v) is 0. The maximum atomic E-state index is 0. The van der Waals surface area contributed by atoms with Gasteiger partial charge in [-0.2, -0.15) is 0 Å². The van der Waals surface area contributed by atoms with Crippen LogP contribution in [0.25, 0.3) is 0 Å². The topological polar surface area (TPSA) is 57.0 Å². The van der Waals surface area contributed by atoms with Gasteiger partial charge in [0.2, 0.25) is 0 Å². The SMILES string of the molecule is [Li+].[Mn+2].[Ni+2].[O-2].[O-2]. The summed E-state index contributed by atoms with van der Waals surface area (Å²) in [6, 6.07) is 0. The molecule has 0 N–H and O–H groups in total. The van der Waals surface area contributed by atoms with Gasteiger partial charge in [0.1, 0.15) is 0 Å². The maximum absolute atomic E-state index is 0. The fraction of sp³-hybridized carbons (Fsp3) is 0. The van der Waals surface area contributed by atoms with Crippen molar-refractivity contribution in [1.82, 2.24) is 0 Å². The second-order valence-electron chi connectivity index (χ2n) is 0. The van der Waals surface area contributed by atoms with Crippen LogP contribution in [0.5, 0.6) is 0 Å². The van der Waals surface area contributed by atoms with E-state index in [9.17, 15) is 0 Å². The molecule has 0 saturated heterocycles. The summed E-state index contributed by atoms with van der Waals surface area (Å²) in [7, 11) is 0. The predicted molar refractivity (Wildman–Crippen MR) is 1.37 cm³/mol. The molecule has 0 aromatic carbocycles. The van der Waals surface area contributed by atoms with Crippen LogP contribution in [0.1, 0.15) is 0 Å². The van der Waals surface area contributed by atoms with Crippen molar-refractivity contribution in [3.63, 3.8) is 0 Å². The van der Waals surface area contributed by atoms with E-state index in [4.69, 9.17) is 0 Å². The van der Waals surface area contributed by atoms with Crippen molar-refractivity contribution in [3.05, 3.63) is 0 Å². The molecule has 0 bridgehead atoms. The molecule has 0 amide bonds. The minimum Gasteiger partial charge on any atom is -2.00 e. The molecule has 0 fully saturated rings. The predicted octanol–water partition coefficient (Wildman–Crippen LogP) is -3.24. The van der Waals surface area contributed by atoms with Crippen LogP contribution in [0.2, 0.25) is 0 Å². The minimum atomic E-state index is 0. The van der Waals surface area contributed by atoms with Crippen LogP contribution in [0, 0.1) is 0 Å². The first-order valence-corrected chi connectivity index (χ1v) is 0. The molecule has 0 spiro atoms. The molecule has 0 aliphatic carbocycles. The van der Waals surface area contributed by atoms with Crippen molar-refractivity contribution in [3.8, 4) is 0 Å². The third kappa shape index (κ3) is 29.4. The Morgan fingerprint density at radius 3 is 0.800 bits per heavy atom. The van der Waals surface area contributed by atoms with Crippen molar-refractivity contribution in [2.45, 2.75) is 0 Å². The molecule has 0 unspecified atom stereocenters. The molecule has 5 heteroatoms. The Morgan fingerprint density at radius 1 is 0.800 bits per heavy atom. The van der Waals surface area contributed by atoms with Crippen LogP contribution < -0.4 is 18.9 Å². The van der Waals surface area contributed by atoms with E-state index in [1.54, 1.807) is 0 Å². The van der Waals surface area contributed by atoms with Gasteiger partial charge in [-0.15, -0.1) is 0 Å². The molecule has 0 rings (SSSR count). The first-order chi connectivity index (χ1) is 0. The second-order valence-corrected chi connectivity index (χ2v) is 0. The molecule has 2 nitrogen and oxygen atoms in total. The number of rotatable bonds is 0. The Kier molecular flexibility index (Phi) is 827. The average molecular weight is 153 g/mol. The zero-order valence-electron chi connectivity index (χ0n) is 2.51. The Morgan fingerprint density at radius 2 is 0.800 bits per heavy atom. The van der Waals surface area contributed by atoms with E-state index in [-0.39, 0.29) is 63.4 Å². The summed E-state index contributed by atoms with van der Waals surface area (Å²) in [5.41, 5.74) is 0. The maximum Gasteiger partial charge on any atom is 2.00 e. The van der Waals surface area contributed by atoms with Crippen LogP contribution in [-0.4, -0.2) is 0 Å². The molecule has 5 heavy (non-hydrogen) atoms. The van der Waals surface area contributed by atoms with Gasteiger partial charge >= 0.3 is 52.4 Å². The van der Waals surface area contributed by atoms with Crippen LogP contribution >= 0.6 is 0 Å². The van der Waals surface area contributed by atoms with Gasteiger partial charge in [-0.3, -0.25) is 0 Å². The molecule has 0 saturated carbocycles. The Bertz CT molecular complexity index is 9.61. The van der Waals surface area contributed by atoms with Gasteiger partial charge in [-0.05, 0) is 0 Å². The van der Waals surface area contributed by atoms with Crippen LogP contribution in [-0.2, 0) is 44.5 Å². The molecule has 0 aromatic rings. The molecular weight excluding hydrogens is 153 g/mol. The first kappa shape index (κ1) is 85.3. The third-order valence-electron chi connectivity index (χ3n) is 0. The average Bonchev–Trinajstić information content (AvgIpc) is 0. The Hall–Kier alpha value is 1.53. The van der Waals surface area contributed by atoms with Crippen molar-refractivity contribution in [2.24, 2.45) is 0 Å². The summed E-state index contributed by atoms with van der Waals surface area (Å²) in [6.45, 7) is 0. The molecule has 0 heterocycles. The molecule has 1 radical (unpaired) electrons. The largest absolute Gasteiger partial charge is 2.00 e. The van der Waals surface area contributed by atoms with Gasteiger partial charge in [0, 0.05) is 0 Å². The summed E-state index contributed by atoms with van der Waals surface area (Å²) in [6.07, 6.45) is 0. The fourth-order valence-electron chi connectivity index (χ4n) is 0.